The predicted molar refractivity (Wildman–Crippen MR) is 63.5 cm³/mol. The summed E-state index contributed by atoms with van der Waals surface area (Å²) in [7, 11) is 0. The van der Waals surface area contributed by atoms with E-state index in [9.17, 15) is 4.79 Å². The van der Waals surface area contributed by atoms with Crippen molar-refractivity contribution in [3.63, 3.8) is 0 Å². The second-order valence-electron chi connectivity index (χ2n) is 4.88. The van der Waals surface area contributed by atoms with E-state index in [1.165, 1.54) is 29.5 Å². The lowest BCUT2D eigenvalue weighted by atomic mass is 9.87. The second kappa shape index (κ2) is 4.06. The first-order valence-corrected chi connectivity index (χ1v) is 6.29. The molecular weight excluding hydrogens is 216 g/mol. The van der Waals surface area contributed by atoms with Crippen LogP contribution in [-0.4, -0.2) is 17.2 Å². The van der Waals surface area contributed by atoms with Crippen molar-refractivity contribution in [3.05, 3.63) is 28.8 Å². The number of ether oxygens (including phenoxy) is 1. The summed E-state index contributed by atoms with van der Waals surface area (Å²) in [5.74, 6) is 0.0323. The summed E-state index contributed by atoms with van der Waals surface area (Å²) >= 11 is 0. The zero-order valence-electron chi connectivity index (χ0n) is 9.74. The Kier molecular flexibility index (Phi) is 2.54. The van der Waals surface area contributed by atoms with Gasteiger partial charge < -0.3 is 9.84 Å². The lowest BCUT2D eigenvalue weighted by Gasteiger charge is -2.28. The fourth-order valence-corrected chi connectivity index (χ4v) is 2.85. The van der Waals surface area contributed by atoms with Gasteiger partial charge in [-0.1, -0.05) is 12.1 Å². The number of hydrogen-bond donors (Lipinski definition) is 1. The molecule has 1 N–H and O–H groups in total. The molecule has 3 rings (SSSR count). The van der Waals surface area contributed by atoms with Crippen molar-refractivity contribution in [1.29, 1.82) is 0 Å². The maximum atomic E-state index is 11.0. The molecule has 1 aromatic rings. The summed E-state index contributed by atoms with van der Waals surface area (Å²) in [6.07, 6.45) is 5.30. The molecule has 1 atom stereocenters. The second-order valence-corrected chi connectivity index (χ2v) is 4.88. The van der Waals surface area contributed by atoms with Gasteiger partial charge in [-0.25, -0.2) is 4.79 Å². The molecule has 0 spiro atoms. The highest BCUT2D eigenvalue weighted by Gasteiger charge is 2.28. The first-order valence-electron chi connectivity index (χ1n) is 6.29. The van der Waals surface area contributed by atoms with Gasteiger partial charge >= 0.3 is 5.97 Å². The molecule has 0 bridgehead atoms. The van der Waals surface area contributed by atoms with E-state index >= 15 is 0 Å². The van der Waals surface area contributed by atoms with Crippen molar-refractivity contribution in [2.45, 2.75) is 44.6 Å². The van der Waals surface area contributed by atoms with E-state index in [4.69, 9.17) is 9.84 Å². The number of rotatable bonds is 1. The van der Waals surface area contributed by atoms with Crippen molar-refractivity contribution in [3.8, 4) is 5.75 Å². The molecular formula is C14H16O3. The number of fused-ring (bicyclic) bond motifs is 3. The Bertz CT molecular complexity index is 465. The van der Waals surface area contributed by atoms with Gasteiger partial charge in [-0.15, -0.1) is 0 Å². The van der Waals surface area contributed by atoms with Gasteiger partial charge in [-0.2, -0.15) is 0 Å². The molecule has 1 unspecified atom stereocenters. The van der Waals surface area contributed by atoms with Gasteiger partial charge in [0.1, 0.15) is 5.75 Å². The Morgan fingerprint density at radius 2 is 1.94 bits per heavy atom. The maximum absolute atomic E-state index is 11.0. The van der Waals surface area contributed by atoms with Crippen molar-refractivity contribution < 1.29 is 14.6 Å². The molecule has 0 amide bonds. The minimum atomic E-state index is -0.843. The molecule has 3 heteroatoms. The fraction of sp³-hybridized carbons (Fsp3) is 0.500. The molecule has 0 radical (unpaired) electrons. The lowest BCUT2D eigenvalue weighted by molar-refractivity contribution is -0.145. The normalized spacial score (nSPS) is 22.2. The van der Waals surface area contributed by atoms with E-state index in [0.717, 1.165) is 25.0 Å². The van der Waals surface area contributed by atoms with Crippen molar-refractivity contribution in [1.82, 2.24) is 0 Å². The number of carboxylic acids is 1. The van der Waals surface area contributed by atoms with Gasteiger partial charge in [-0.05, 0) is 55.2 Å². The van der Waals surface area contributed by atoms with Crippen LogP contribution in [0.1, 0.15) is 36.0 Å². The topological polar surface area (TPSA) is 46.5 Å². The van der Waals surface area contributed by atoms with Crippen LogP contribution in [0.3, 0.4) is 0 Å². The first kappa shape index (κ1) is 10.6. The van der Waals surface area contributed by atoms with Gasteiger partial charge in [0.25, 0.3) is 0 Å². The molecule has 2 aliphatic rings. The summed E-state index contributed by atoms with van der Waals surface area (Å²) in [4.78, 5) is 11.0. The van der Waals surface area contributed by atoms with E-state index in [1.807, 2.05) is 0 Å². The quantitative estimate of drug-likeness (QED) is 0.808. The molecule has 90 valence electrons. The first-order chi connectivity index (χ1) is 8.25. The standard InChI is InChI=1S/C14H16O3/c15-14(16)12-8-7-10-6-5-9-3-1-2-4-11(9)13(10)17-12/h5-6,12H,1-4,7-8H2,(H,15,16). The summed E-state index contributed by atoms with van der Waals surface area (Å²) in [6, 6.07) is 4.30. The molecule has 0 saturated heterocycles. The number of aliphatic carboxylic acids is 1. The van der Waals surface area contributed by atoms with Crippen LogP contribution < -0.4 is 4.74 Å². The largest absolute Gasteiger partial charge is 0.479 e. The molecule has 0 saturated carbocycles. The molecule has 3 nitrogen and oxygen atoms in total. The van der Waals surface area contributed by atoms with Gasteiger partial charge in [0.15, 0.2) is 6.10 Å². The van der Waals surface area contributed by atoms with Crippen molar-refractivity contribution >= 4 is 5.97 Å². The van der Waals surface area contributed by atoms with E-state index in [0.29, 0.717) is 6.42 Å². The summed E-state index contributed by atoms with van der Waals surface area (Å²) in [5, 5.41) is 9.04. The van der Waals surface area contributed by atoms with Gasteiger partial charge in [-0.3, -0.25) is 0 Å². The van der Waals surface area contributed by atoms with Crippen molar-refractivity contribution in [2.75, 3.05) is 0 Å². The minimum absolute atomic E-state index is 0.584. The minimum Gasteiger partial charge on any atom is -0.479 e. The third-order valence-electron chi connectivity index (χ3n) is 3.77. The zero-order chi connectivity index (χ0) is 11.8. The Labute approximate surface area is 100 Å². The molecule has 17 heavy (non-hydrogen) atoms. The Morgan fingerprint density at radius 1 is 1.18 bits per heavy atom. The highest BCUT2D eigenvalue weighted by atomic mass is 16.5. The van der Waals surface area contributed by atoms with Gasteiger partial charge in [0, 0.05) is 0 Å². The van der Waals surface area contributed by atoms with Crippen molar-refractivity contribution in [2.24, 2.45) is 0 Å². The molecule has 0 fully saturated rings. The SMILES string of the molecule is O=C(O)C1CCc2ccc3c(c2O1)CCCC3. The van der Waals surface area contributed by atoms with Crippen LogP contribution in [0.15, 0.2) is 12.1 Å². The van der Waals surface area contributed by atoms with Crippen LogP contribution in [0.2, 0.25) is 0 Å². The van der Waals surface area contributed by atoms with E-state index in [-0.39, 0.29) is 0 Å². The third kappa shape index (κ3) is 1.79. The Balaban J connectivity index is 2.01. The summed E-state index contributed by atoms with van der Waals surface area (Å²) in [5.41, 5.74) is 3.80. The molecule has 0 aromatic heterocycles. The van der Waals surface area contributed by atoms with Crippen LogP contribution >= 0.6 is 0 Å². The monoisotopic (exact) mass is 232 g/mol. The number of benzene rings is 1. The van der Waals surface area contributed by atoms with Gasteiger partial charge in [0.2, 0.25) is 0 Å². The molecule has 1 aliphatic carbocycles. The highest BCUT2D eigenvalue weighted by molar-refractivity contribution is 5.73. The molecule has 1 heterocycles. The maximum Gasteiger partial charge on any atom is 0.344 e. The van der Waals surface area contributed by atoms with E-state index in [1.54, 1.807) is 0 Å². The average Bonchev–Trinajstić information content (AvgIpc) is 2.38. The lowest BCUT2D eigenvalue weighted by Crippen LogP contribution is -2.31. The predicted octanol–water partition coefficient (Wildman–Crippen LogP) is 2.34. The number of carboxylic acid groups (broad SMARTS) is 1. The fourth-order valence-electron chi connectivity index (χ4n) is 2.85. The molecule has 1 aliphatic heterocycles. The Morgan fingerprint density at radius 3 is 2.76 bits per heavy atom. The van der Waals surface area contributed by atoms with E-state index < -0.39 is 12.1 Å². The van der Waals surface area contributed by atoms with Crippen LogP contribution in [-0.2, 0) is 24.1 Å². The third-order valence-corrected chi connectivity index (χ3v) is 3.77. The van der Waals surface area contributed by atoms with Crippen LogP contribution in [0.4, 0.5) is 0 Å². The van der Waals surface area contributed by atoms with Crippen LogP contribution in [0.25, 0.3) is 0 Å². The number of aryl methyl sites for hydroxylation is 2. The summed E-state index contributed by atoms with van der Waals surface area (Å²) < 4.78 is 5.69. The Hall–Kier alpha value is -1.51. The molecule has 1 aromatic carbocycles. The smallest absolute Gasteiger partial charge is 0.344 e. The van der Waals surface area contributed by atoms with Crippen LogP contribution in [0, 0.1) is 0 Å². The number of hydrogen-bond acceptors (Lipinski definition) is 2. The zero-order valence-corrected chi connectivity index (χ0v) is 9.74. The summed E-state index contributed by atoms with van der Waals surface area (Å²) in [6.45, 7) is 0. The number of carbonyl (C=O) groups is 1. The van der Waals surface area contributed by atoms with Gasteiger partial charge in [0.05, 0.1) is 0 Å². The highest BCUT2D eigenvalue weighted by Crippen LogP contribution is 2.37. The van der Waals surface area contributed by atoms with Crippen LogP contribution in [0.5, 0.6) is 5.75 Å². The average molecular weight is 232 g/mol. The van der Waals surface area contributed by atoms with E-state index in [2.05, 4.69) is 12.1 Å².